The second-order valence-corrected chi connectivity index (χ2v) is 8.17. The Kier molecular flexibility index (Phi) is 5.51. The number of hydrogen-bond acceptors (Lipinski definition) is 0. The van der Waals surface area contributed by atoms with E-state index in [-0.39, 0.29) is 0 Å². The van der Waals surface area contributed by atoms with Crippen molar-refractivity contribution in [2.45, 2.75) is 60.3 Å². The number of allylic oxidation sites excluding steroid dienone is 4. The van der Waals surface area contributed by atoms with E-state index >= 15 is 0 Å². The Balaban J connectivity index is 2.23. The highest BCUT2D eigenvalue weighted by atomic mass is 14.3. The summed E-state index contributed by atoms with van der Waals surface area (Å²) < 4.78 is 0. The molecule has 136 valence electrons. The quantitative estimate of drug-likeness (QED) is 0.531. The second-order valence-electron chi connectivity index (χ2n) is 8.17. The Morgan fingerprint density at radius 2 is 1.23 bits per heavy atom. The van der Waals surface area contributed by atoms with Gasteiger partial charge in [0.25, 0.3) is 0 Å². The normalized spacial score (nSPS) is 15.2. The molecule has 26 heavy (non-hydrogen) atoms. The summed E-state index contributed by atoms with van der Waals surface area (Å²) in [6.45, 7) is 13.5. The highest BCUT2D eigenvalue weighted by Gasteiger charge is 2.25. The predicted molar refractivity (Wildman–Crippen MR) is 114 cm³/mol. The highest BCUT2D eigenvalue weighted by Crippen LogP contribution is 2.42. The van der Waals surface area contributed by atoms with Crippen molar-refractivity contribution >= 4 is 0 Å². The van der Waals surface area contributed by atoms with Gasteiger partial charge >= 0.3 is 0 Å². The fourth-order valence-corrected chi connectivity index (χ4v) is 4.47. The molecule has 0 amide bonds. The monoisotopic (exact) mass is 344 g/mol. The van der Waals surface area contributed by atoms with Crippen LogP contribution in [0.4, 0.5) is 0 Å². The van der Waals surface area contributed by atoms with E-state index in [0.29, 0.717) is 11.8 Å². The molecular weight excluding hydrogens is 312 g/mol. The van der Waals surface area contributed by atoms with E-state index < -0.39 is 0 Å². The van der Waals surface area contributed by atoms with Gasteiger partial charge in [0.1, 0.15) is 0 Å². The lowest BCUT2D eigenvalue weighted by molar-refractivity contribution is 0.658. The van der Waals surface area contributed by atoms with Crippen LogP contribution in [0.3, 0.4) is 0 Å². The molecule has 0 saturated carbocycles. The molecular formula is C26H32. The number of benzene rings is 2. The van der Waals surface area contributed by atoms with Gasteiger partial charge in [0.05, 0.1) is 0 Å². The zero-order valence-electron chi connectivity index (χ0n) is 17.2. The summed E-state index contributed by atoms with van der Waals surface area (Å²) >= 11 is 0. The molecule has 0 bridgehead atoms. The summed E-state index contributed by atoms with van der Waals surface area (Å²) in [6, 6.07) is 14.1. The van der Waals surface area contributed by atoms with Crippen LogP contribution in [0.5, 0.6) is 0 Å². The Bertz CT molecular complexity index is 772. The van der Waals surface area contributed by atoms with Gasteiger partial charge in [0.2, 0.25) is 0 Å². The molecule has 1 aliphatic carbocycles. The third kappa shape index (κ3) is 3.85. The molecule has 1 aliphatic rings. The highest BCUT2D eigenvalue weighted by molar-refractivity contribution is 5.51. The van der Waals surface area contributed by atoms with Crippen molar-refractivity contribution in [3.8, 4) is 0 Å². The molecule has 0 aromatic heterocycles. The molecule has 0 radical (unpaired) electrons. The van der Waals surface area contributed by atoms with E-state index in [1.54, 1.807) is 11.1 Å². The van der Waals surface area contributed by atoms with E-state index in [0.717, 1.165) is 6.42 Å². The third-order valence-corrected chi connectivity index (χ3v) is 5.65. The topological polar surface area (TPSA) is 0 Å². The van der Waals surface area contributed by atoms with Crippen molar-refractivity contribution in [3.63, 3.8) is 0 Å². The SMILES string of the molecule is CCC(C)C1=C(C(c2cc(C)cc(C)c2)c2cc(C)cc(C)c2)CC=C1. The molecule has 0 saturated heterocycles. The van der Waals surface area contributed by atoms with Gasteiger partial charge in [-0.2, -0.15) is 0 Å². The first-order valence-corrected chi connectivity index (χ1v) is 9.95. The van der Waals surface area contributed by atoms with Gasteiger partial charge < -0.3 is 0 Å². The standard InChI is InChI=1S/C26H32/c1-7-21(6)24-9-8-10-25(24)26(22-13-17(2)11-18(3)14-22)23-15-19(4)12-20(5)16-23/h8-9,11-16,21,26H,7,10H2,1-6H3. The first-order chi connectivity index (χ1) is 12.4. The smallest absolute Gasteiger partial charge is 0.0308 e. The van der Waals surface area contributed by atoms with Crippen LogP contribution in [0.1, 0.15) is 66.0 Å². The van der Waals surface area contributed by atoms with Crippen molar-refractivity contribution in [1.29, 1.82) is 0 Å². The first kappa shape index (κ1) is 18.7. The summed E-state index contributed by atoms with van der Waals surface area (Å²) in [7, 11) is 0. The van der Waals surface area contributed by atoms with Crippen LogP contribution in [0.15, 0.2) is 59.7 Å². The second kappa shape index (κ2) is 7.66. The van der Waals surface area contributed by atoms with E-state index in [2.05, 4.69) is 90.1 Å². The van der Waals surface area contributed by atoms with Crippen LogP contribution < -0.4 is 0 Å². The van der Waals surface area contributed by atoms with E-state index in [9.17, 15) is 0 Å². The Morgan fingerprint density at radius 1 is 0.769 bits per heavy atom. The van der Waals surface area contributed by atoms with Gasteiger partial charge in [0.15, 0.2) is 0 Å². The van der Waals surface area contributed by atoms with Gasteiger partial charge in [-0.25, -0.2) is 0 Å². The molecule has 2 aromatic carbocycles. The van der Waals surface area contributed by atoms with E-state index in [4.69, 9.17) is 0 Å². The largest absolute Gasteiger partial charge is 0.0801 e. The molecule has 0 heterocycles. The molecule has 0 fully saturated rings. The lowest BCUT2D eigenvalue weighted by Crippen LogP contribution is -2.09. The van der Waals surface area contributed by atoms with Crippen LogP contribution in [0.2, 0.25) is 0 Å². The van der Waals surface area contributed by atoms with Crippen LogP contribution >= 0.6 is 0 Å². The third-order valence-electron chi connectivity index (χ3n) is 5.65. The van der Waals surface area contributed by atoms with Crippen LogP contribution in [-0.4, -0.2) is 0 Å². The first-order valence-electron chi connectivity index (χ1n) is 9.95. The van der Waals surface area contributed by atoms with Crippen molar-refractivity contribution in [2.75, 3.05) is 0 Å². The maximum Gasteiger partial charge on any atom is 0.0308 e. The van der Waals surface area contributed by atoms with Crippen molar-refractivity contribution < 1.29 is 0 Å². The van der Waals surface area contributed by atoms with Gasteiger partial charge in [-0.15, -0.1) is 0 Å². The maximum atomic E-state index is 2.38. The number of hydrogen-bond donors (Lipinski definition) is 0. The Morgan fingerprint density at radius 3 is 1.65 bits per heavy atom. The van der Waals surface area contributed by atoms with Crippen LogP contribution in [0.25, 0.3) is 0 Å². The van der Waals surface area contributed by atoms with Crippen molar-refractivity contribution in [2.24, 2.45) is 5.92 Å². The minimum atomic E-state index is 0.353. The summed E-state index contributed by atoms with van der Waals surface area (Å²) in [5, 5.41) is 0. The molecule has 3 rings (SSSR count). The van der Waals surface area contributed by atoms with Crippen LogP contribution in [0, 0.1) is 33.6 Å². The summed E-state index contributed by atoms with van der Waals surface area (Å²) in [6.07, 6.45) is 7.00. The molecule has 0 N–H and O–H groups in total. The summed E-state index contributed by atoms with van der Waals surface area (Å²) in [5.74, 6) is 0.967. The zero-order chi connectivity index (χ0) is 18.8. The van der Waals surface area contributed by atoms with E-state index in [1.807, 2.05) is 0 Å². The zero-order valence-corrected chi connectivity index (χ0v) is 17.2. The van der Waals surface area contributed by atoms with E-state index in [1.165, 1.54) is 39.8 Å². The molecule has 0 nitrogen and oxygen atoms in total. The predicted octanol–water partition coefficient (Wildman–Crippen LogP) is 7.35. The maximum absolute atomic E-state index is 2.38. The molecule has 0 heteroatoms. The number of rotatable bonds is 5. The summed E-state index contributed by atoms with van der Waals surface area (Å²) in [5.41, 5.74) is 11.4. The van der Waals surface area contributed by atoms with Crippen molar-refractivity contribution in [1.82, 2.24) is 0 Å². The molecule has 1 atom stereocenters. The van der Waals surface area contributed by atoms with Gasteiger partial charge in [-0.1, -0.05) is 90.2 Å². The van der Waals surface area contributed by atoms with Gasteiger partial charge in [-0.05, 0) is 63.2 Å². The minimum Gasteiger partial charge on any atom is -0.0801 e. The fourth-order valence-electron chi connectivity index (χ4n) is 4.47. The lowest BCUT2D eigenvalue weighted by atomic mass is 9.79. The van der Waals surface area contributed by atoms with Crippen LogP contribution in [-0.2, 0) is 0 Å². The van der Waals surface area contributed by atoms with Gasteiger partial charge in [0, 0.05) is 5.92 Å². The molecule has 0 spiro atoms. The summed E-state index contributed by atoms with van der Waals surface area (Å²) in [4.78, 5) is 0. The van der Waals surface area contributed by atoms with Gasteiger partial charge in [-0.3, -0.25) is 0 Å². The average Bonchev–Trinajstić information content (AvgIpc) is 3.01. The fraction of sp³-hybridized carbons (Fsp3) is 0.385. The molecule has 2 aromatic rings. The Labute approximate surface area is 159 Å². The molecule has 0 aliphatic heterocycles. The Hall–Kier alpha value is -2.08. The lowest BCUT2D eigenvalue weighted by Gasteiger charge is -2.25. The number of aryl methyl sites for hydroxylation is 4. The average molecular weight is 345 g/mol. The molecule has 1 unspecified atom stereocenters. The minimum absolute atomic E-state index is 0.353. The van der Waals surface area contributed by atoms with Crippen molar-refractivity contribution in [3.05, 3.63) is 93.1 Å².